The van der Waals surface area contributed by atoms with Crippen molar-refractivity contribution >= 4 is 17.7 Å². The monoisotopic (exact) mass is 352 g/mol. The zero-order valence-corrected chi connectivity index (χ0v) is 12.1. The summed E-state index contributed by atoms with van der Waals surface area (Å²) in [5.74, 6) is -5.58. The van der Waals surface area contributed by atoms with Crippen LogP contribution in [0.3, 0.4) is 0 Å². The average molecular weight is 352 g/mol. The second-order valence-electron chi connectivity index (χ2n) is 5.35. The van der Waals surface area contributed by atoms with Crippen LogP contribution in [0.2, 0.25) is 0 Å². The number of alkyl halides is 5. The van der Waals surface area contributed by atoms with E-state index in [1.54, 1.807) is 0 Å². The zero-order chi connectivity index (χ0) is 18.1. The number of anilines is 1. The van der Waals surface area contributed by atoms with Crippen molar-refractivity contribution in [2.45, 2.75) is 12.6 Å². The SMILES string of the molecule is O=C(O)[C@@H]1CN(C(=O)Nc2cccc(C(F)F)c2)C[C@H]1C(F)(F)F. The van der Waals surface area contributed by atoms with Crippen LogP contribution >= 0.6 is 0 Å². The van der Waals surface area contributed by atoms with Gasteiger partial charge in [-0.2, -0.15) is 13.2 Å². The molecular formula is C14H13F5N2O3. The molecule has 0 saturated carbocycles. The van der Waals surface area contributed by atoms with Gasteiger partial charge in [-0.1, -0.05) is 12.1 Å². The molecule has 2 atom stereocenters. The molecule has 24 heavy (non-hydrogen) atoms. The molecule has 0 unspecified atom stereocenters. The number of nitrogens with zero attached hydrogens (tertiary/aromatic N) is 1. The van der Waals surface area contributed by atoms with E-state index in [0.29, 0.717) is 4.90 Å². The maximum Gasteiger partial charge on any atom is 0.394 e. The summed E-state index contributed by atoms with van der Waals surface area (Å²) >= 11 is 0. The molecule has 1 aromatic carbocycles. The fraction of sp³-hybridized carbons (Fsp3) is 0.429. The number of rotatable bonds is 3. The van der Waals surface area contributed by atoms with Gasteiger partial charge in [0.05, 0.1) is 11.8 Å². The summed E-state index contributed by atoms with van der Waals surface area (Å²) in [4.78, 5) is 23.7. The maximum atomic E-state index is 12.9. The first-order chi connectivity index (χ1) is 11.1. The van der Waals surface area contributed by atoms with Crippen LogP contribution in [0.15, 0.2) is 24.3 Å². The number of likely N-dealkylation sites (tertiary alicyclic amines) is 1. The van der Waals surface area contributed by atoms with Gasteiger partial charge in [0.1, 0.15) is 0 Å². The van der Waals surface area contributed by atoms with Crippen molar-refractivity contribution in [3.63, 3.8) is 0 Å². The van der Waals surface area contributed by atoms with E-state index in [1.165, 1.54) is 12.1 Å². The molecular weight excluding hydrogens is 339 g/mol. The number of hydrogen-bond acceptors (Lipinski definition) is 2. The minimum absolute atomic E-state index is 0.0138. The first-order valence-electron chi connectivity index (χ1n) is 6.83. The number of aliphatic carboxylic acids is 1. The number of halogens is 5. The Bertz CT molecular complexity index is 635. The molecule has 2 N–H and O–H groups in total. The van der Waals surface area contributed by atoms with E-state index in [2.05, 4.69) is 5.32 Å². The van der Waals surface area contributed by atoms with Gasteiger partial charge < -0.3 is 15.3 Å². The Kier molecular flexibility index (Phi) is 4.95. The highest BCUT2D eigenvalue weighted by Crippen LogP contribution is 2.38. The van der Waals surface area contributed by atoms with Gasteiger partial charge in [-0.3, -0.25) is 4.79 Å². The van der Waals surface area contributed by atoms with Crippen LogP contribution in [-0.4, -0.2) is 41.3 Å². The van der Waals surface area contributed by atoms with Gasteiger partial charge in [-0.15, -0.1) is 0 Å². The Morgan fingerprint density at radius 3 is 2.42 bits per heavy atom. The molecule has 1 aliphatic rings. The Balaban J connectivity index is 2.11. The third-order valence-electron chi connectivity index (χ3n) is 3.73. The predicted molar refractivity (Wildman–Crippen MR) is 72.7 cm³/mol. The lowest BCUT2D eigenvalue weighted by molar-refractivity contribution is -0.187. The van der Waals surface area contributed by atoms with Gasteiger partial charge in [0.15, 0.2) is 0 Å². The molecule has 0 aliphatic carbocycles. The van der Waals surface area contributed by atoms with Crippen molar-refractivity contribution in [2.24, 2.45) is 11.8 Å². The first kappa shape index (κ1) is 18.0. The van der Waals surface area contributed by atoms with Crippen LogP contribution in [0.5, 0.6) is 0 Å². The third-order valence-corrected chi connectivity index (χ3v) is 3.73. The van der Waals surface area contributed by atoms with Crippen molar-refractivity contribution < 1.29 is 36.6 Å². The van der Waals surface area contributed by atoms with Crippen molar-refractivity contribution in [2.75, 3.05) is 18.4 Å². The first-order valence-corrected chi connectivity index (χ1v) is 6.83. The van der Waals surface area contributed by atoms with Crippen LogP contribution in [0.1, 0.15) is 12.0 Å². The Labute approximate surface area is 133 Å². The Morgan fingerprint density at radius 1 is 1.25 bits per heavy atom. The van der Waals surface area contributed by atoms with E-state index in [-0.39, 0.29) is 11.3 Å². The summed E-state index contributed by atoms with van der Waals surface area (Å²) in [6, 6.07) is 3.72. The van der Waals surface area contributed by atoms with Gasteiger partial charge in [-0.05, 0) is 12.1 Å². The highest BCUT2D eigenvalue weighted by molar-refractivity contribution is 5.90. The lowest BCUT2D eigenvalue weighted by atomic mass is 9.96. The van der Waals surface area contributed by atoms with Gasteiger partial charge in [-0.25, -0.2) is 13.6 Å². The van der Waals surface area contributed by atoms with E-state index in [0.717, 1.165) is 12.1 Å². The topological polar surface area (TPSA) is 69.6 Å². The fourth-order valence-electron chi connectivity index (χ4n) is 2.51. The molecule has 10 heteroatoms. The summed E-state index contributed by atoms with van der Waals surface area (Å²) < 4.78 is 63.8. The van der Waals surface area contributed by atoms with E-state index in [4.69, 9.17) is 5.11 Å². The normalized spacial score (nSPS) is 21.2. The lowest BCUT2D eigenvalue weighted by Gasteiger charge is -2.19. The lowest BCUT2D eigenvalue weighted by Crippen LogP contribution is -2.35. The molecule has 2 amide bonds. The van der Waals surface area contributed by atoms with E-state index in [9.17, 15) is 31.5 Å². The summed E-state index contributed by atoms with van der Waals surface area (Å²) in [7, 11) is 0. The Hall–Kier alpha value is -2.39. The minimum atomic E-state index is -4.76. The van der Waals surface area contributed by atoms with Crippen molar-refractivity contribution in [1.82, 2.24) is 4.90 Å². The number of carbonyl (C=O) groups is 2. The number of carboxylic acids is 1. The molecule has 0 radical (unpaired) electrons. The predicted octanol–water partition coefficient (Wildman–Crippen LogP) is 3.35. The quantitative estimate of drug-likeness (QED) is 0.820. The van der Waals surface area contributed by atoms with Gasteiger partial charge in [0.25, 0.3) is 6.43 Å². The summed E-state index contributed by atoms with van der Waals surface area (Å²) in [6.07, 6.45) is -7.52. The van der Waals surface area contributed by atoms with Crippen molar-refractivity contribution in [1.29, 1.82) is 0 Å². The second kappa shape index (κ2) is 6.62. The maximum absolute atomic E-state index is 12.9. The Morgan fingerprint density at radius 2 is 1.92 bits per heavy atom. The molecule has 1 heterocycles. The highest BCUT2D eigenvalue weighted by Gasteiger charge is 2.53. The van der Waals surface area contributed by atoms with Crippen LogP contribution in [0.4, 0.5) is 32.4 Å². The summed E-state index contributed by atoms with van der Waals surface area (Å²) in [5.41, 5.74) is -0.370. The molecule has 0 spiro atoms. The third kappa shape index (κ3) is 3.92. The number of hydrogen-bond donors (Lipinski definition) is 2. The fourth-order valence-corrected chi connectivity index (χ4v) is 2.51. The van der Waals surface area contributed by atoms with E-state index in [1.807, 2.05) is 0 Å². The van der Waals surface area contributed by atoms with Crippen LogP contribution < -0.4 is 5.32 Å². The number of urea groups is 1. The molecule has 1 saturated heterocycles. The molecule has 2 rings (SSSR count). The second-order valence-corrected chi connectivity index (χ2v) is 5.35. The van der Waals surface area contributed by atoms with Crippen molar-refractivity contribution in [3.8, 4) is 0 Å². The van der Waals surface area contributed by atoms with Gasteiger partial charge in [0, 0.05) is 24.3 Å². The van der Waals surface area contributed by atoms with Crippen molar-refractivity contribution in [3.05, 3.63) is 29.8 Å². The van der Waals surface area contributed by atoms with Gasteiger partial charge >= 0.3 is 18.2 Å². The standard InChI is InChI=1S/C14H13F5N2O3/c15-11(16)7-2-1-3-8(4-7)20-13(24)21-5-9(12(22)23)10(6-21)14(17,18)19/h1-4,9-11H,5-6H2,(H,20,24)(H,22,23)/t9-,10-/m1/s1. The molecule has 1 aromatic rings. The number of benzene rings is 1. The summed E-state index contributed by atoms with van der Waals surface area (Å²) in [5, 5.41) is 11.1. The number of amides is 2. The van der Waals surface area contributed by atoms with E-state index < -0.39 is 49.5 Å². The van der Waals surface area contributed by atoms with Crippen LogP contribution in [0.25, 0.3) is 0 Å². The molecule has 0 bridgehead atoms. The number of nitrogens with one attached hydrogen (secondary N) is 1. The largest absolute Gasteiger partial charge is 0.481 e. The van der Waals surface area contributed by atoms with Crippen LogP contribution in [0, 0.1) is 11.8 Å². The molecule has 1 fully saturated rings. The number of carboxylic acid groups (broad SMARTS) is 1. The number of carbonyl (C=O) groups excluding carboxylic acids is 1. The van der Waals surface area contributed by atoms with Crippen LogP contribution in [-0.2, 0) is 4.79 Å². The smallest absolute Gasteiger partial charge is 0.394 e. The molecule has 1 aliphatic heterocycles. The van der Waals surface area contributed by atoms with Gasteiger partial charge in [0.2, 0.25) is 0 Å². The molecule has 0 aromatic heterocycles. The molecule has 5 nitrogen and oxygen atoms in total. The molecule has 132 valence electrons. The zero-order valence-electron chi connectivity index (χ0n) is 12.1. The summed E-state index contributed by atoms with van der Waals surface area (Å²) in [6.45, 7) is -1.42. The minimum Gasteiger partial charge on any atom is -0.481 e. The highest BCUT2D eigenvalue weighted by atomic mass is 19.4. The average Bonchev–Trinajstić information content (AvgIpc) is 2.93. The van der Waals surface area contributed by atoms with E-state index >= 15 is 0 Å².